The molecule has 13 atom stereocenters. The van der Waals surface area contributed by atoms with Gasteiger partial charge in [0, 0.05) is 75.9 Å². The molecule has 0 aromatic heterocycles. The smallest absolute Gasteiger partial charge is 0.340 e. The Kier molecular flexibility index (Phi) is 8.14. The van der Waals surface area contributed by atoms with Gasteiger partial charge in [-0.1, -0.05) is 32.9 Å². The standard InChI is InChI=1S/C36H52N2O9/c1-8-38-17-33(18-47-31(40)20-11-9-10-12-23(20)37-30(39)19(2)3)14-13-25(44-5)35-22-15-21-24(43-4)16-34(41,26(22)27(21)45-6)36(42,32(35)38)29(46-7)28(33)35/h9-12,19,21-22,24-29,32,41-42H,8,13-18H2,1-7H3,(H,37,39)/t21-,22-,24+,25+,26-,27+,28-,29+,32+,33+,34-,35+,36-/m1/s1. The second-order valence-electron chi connectivity index (χ2n) is 15.5. The number of esters is 1. The molecule has 1 heterocycles. The number of amides is 1. The van der Waals surface area contributed by atoms with Crippen LogP contribution in [0.15, 0.2) is 24.3 Å². The lowest BCUT2D eigenvalue weighted by molar-refractivity contribution is -0.320. The lowest BCUT2D eigenvalue weighted by Gasteiger charge is -2.70. The Labute approximate surface area is 277 Å². The molecule has 7 rings (SSSR count). The summed E-state index contributed by atoms with van der Waals surface area (Å²) in [6.45, 7) is 7.01. The van der Waals surface area contributed by atoms with Crippen LogP contribution in [-0.4, -0.2) is 117 Å². The molecule has 0 unspecified atom stereocenters. The molecule has 47 heavy (non-hydrogen) atoms. The number of likely N-dealkylation sites (N-methyl/N-ethyl adjacent to an activating group) is 1. The number of anilines is 1. The Balaban J connectivity index is 1.34. The summed E-state index contributed by atoms with van der Waals surface area (Å²) >= 11 is 0. The van der Waals surface area contributed by atoms with Crippen LogP contribution in [0.25, 0.3) is 0 Å². The maximum atomic E-state index is 13.9. The highest BCUT2D eigenvalue weighted by molar-refractivity contribution is 6.01. The van der Waals surface area contributed by atoms with E-state index in [1.54, 1.807) is 66.6 Å². The number of nitrogens with one attached hydrogen (secondary N) is 1. The van der Waals surface area contributed by atoms with Crippen molar-refractivity contribution in [2.45, 2.75) is 88.1 Å². The van der Waals surface area contributed by atoms with Crippen molar-refractivity contribution in [3.8, 4) is 0 Å². The fourth-order valence-electron chi connectivity index (χ4n) is 12.3. The van der Waals surface area contributed by atoms with E-state index in [0.29, 0.717) is 37.2 Å². The Morgan fingerprint density at radius 2 is 1.81 bits per heavy atom. The summed E-state index contributed by atoms with van der Waals surface area (Å²) in [5, 5.41) is 29.4. The number of ether oxygens (including phenoxy) is 5. The molecule has 3 N–H and O–H groups in total. The van der Waals surface area contributed by atoms with Crippen LogP contribution < -0.4 is 5.32 Å². The van der Waals surface area contributed by atoms with E-state index in [9.17, 15) is 19.8 Å². The molecule has 6 fully saturated rings. The number of aliphatic hydroxyl groups is 2. The topological polar surface area (TPSA) is 136 Å². The largest absolute Gasteiger partial charge is 0.461 e. The molecular weight excluding hydrogens is 604 g/mol. The number of carbonyl (C=O) groups is 2. The summed E-state index contributed by atoms with van der Waals surface area (Å²) in [4.78, 5) is 28.7. The molecule has 1 aromatic rings. The van der Waals surface area contributed by atoms with Crippen LogP contribution in [0.1, 0.15) is 56.8 Å². The number of nitrogens with zero attached hydrogens (tertiary/aromatic N) is 1. The highest BCUT2D eigenvalue weighted by Gasteiger charge is 2.91. The summed E-state index contributed by atoms with van der Waals surface area (Å²) in [5.74, 6) is -1.52. The SMILES string of the molecule is CCN1C[C@]2(COC(=O)c3ccccc3NC(=O)C(C)C)CC[C@H](OC)[C@@]34[C@@H]5C[C@H]6[C@H](OC)[C@@H]5[C@](O)(C[C@@H]6OC)[C@@](O)([C@@H](OC)[C@H]23)[C@@H]14. The van der Waals surface area contributed by atoms with Gasteiger partial charge < -0.3 is 39.2 Å². The first-order valence-electron chi connectivity index (χ1n) is 17.3. The molecule has 1 saturated heterocycles. The zero-order chi connectivity index (χ0) is 33.7. The molecular formula is C36H52N2O9. The number of fused-ring (bicyclic) bond motifs is 2. The number of hydrogen-bond donors (Lipinski definition) is 3. The van der Waals surface area contributed by atoms with Crippen molar-refractivity contribution in [3.05, 3.63) is 29.8 Å². The van der Waals surface area contributed by atoms with Crippen LogP contribution in [0.2, 0.25) is 0 Å². The third-order valence-electron chi connectivity index (χ3n) is 13.7. The van der Waals surface area contributed by atoms with Gasteiger partial charge in [-0.3, -0.25) is 9.69 Å². The zero-order valence-electron chi connectivity index (χ0n) is 28.7. The quantitative estimate of drug-likeness (QED) is 0.323. The maximum absolute atomic E-state index is 13.9. The molecule has 6 aliphatic rings. The molecule has 1 aliphatic heterocycles. The first kappa shape index (κ1) is 33.4. The molecule has 5 saturated carbocycles. The summed E-state index contributed by atoms with van der Waals surface area (Å²) in [6, 6.07) is 6.49. The summed E-state index contributed by atoms with van der Waals surface area (Å²) in [5.41, 5.74) is -3.67. The molecule has 7 bridgehead atoms. The zero-order valence-corrected chi connectivity index (χ0v) is 28.7. The normalized spacial score (nSPS) is 46.0. The van der Waals surface area contributed by atoms with E-state index in [1.165, 1.54) is 0 Å². The van der Waals surface area contributed by atoms with Gasteiger partial charge in [-0.15, -0.1) is 0 Å². The number of likely N-dealkylation sites (tertiary alicyclic amines) is 1. The highest BCUT2D eigenvalue weighted by Crippen LogP contribution is 2.80. The van der Waals surface area contributed by atoms with Crippen LogP contribution in [0, 0.1) is 40.4 Å². The Morgan fingerprint density at radius 3 is 2.45 bits per heavy atom. The van der Waals surface area contributed by atoms with E-state index >= 15 is 0 Å². The summed E-state index contributed by atoms with van der Waals surface area (Å²) in [7, 11) is 6.76. The van der Waals surface area contributed by atoms with Gasteiger partial charge in [-0.2, -0.15) is 0 Å². The second kappa shape index (κ2) is 11.5. The third kappa shape index (κ3) is 4.05. The number of hydrogen-bond acceptors (Lipinski definition) is 10. The van der Waals surface area contributed by atoms with Crippen molar-refractivity contribution in [2.24, 2.45) is 40.4 Å². The molecule has 1 amide bonds. The van der Waals surface area contributed by atoms with E-state index in [2.05, 4.69) is 17.1 Å². The fourth-order valence-corrected chi connectivity index (χ4v) is 12.3. The van der Waals surface area contributed by atoms with Crippen LogP contribution >= 0.6 is 0 Å². The predicted octanol–water partition coefficient (Wildman–Crippen LogP) is 2.73. The second-order valence-corrected chi connectivity index (χ2v) is 15.5. The van der Waals surface area contributed by atoms with Gasteiger partial charge in [-0.25, -0.2) is 4.79 Å². The van der Waals surface area contributed by atoms with E-state index in [1.807, 2.05) is 0 Å². The first-order chi connectivity index (χ1) is 22.4. The number of piperidine rings is 1. The number of benzene rings is 1. The van der Waals surface area contributed by atoms with Gasteiger partial charge in [0.15, 0.2) is 0 Å². The van der Waals surface area contributed by atoms with Crippen molar-refractivity contribution >= 4 is 17.6 Å². The van der Waals surface area contributed by atoms with Gasteiger partial charge in [0.05, 0.1) is 48.3 Å². The average Bonchev–Trinajstić information content (AvgIpc) is 3.48. The molecule has 5 aliphatic carbocycles. The summed E-state index contributed by atoms with van der Waals surface area (Å²) < 4.78 is 31.3. The van der Waals surface area contributed by atoms with E-state index in [0.717, 1.165) is 12.8 Å². The van der Waals surface area contributed by atoms with Gasteiger partial charge >= 0.3 is 5.97 Å². The molecule has 0 radical (unpaired) electrons. The van der Waals surface area contributed by atoms with Crippen molar-refractivity contribution in [1.82, 2.24) is 4.90 Å². The minimum absolute atomic E-state index is 0.0420. The maximum Gasteiger partial charge on any atom is 0.340 e. The minimum atomic E-state index is -1.66. The van der Waals surface area contributed by atoms with Gasteiger partial charge in [-0.05, 0) is 43.9 Å². The number of para-hydroxylation sites is 1. The lowest BCUT2D eigenvalue weighted by Crippen LogP contribution is -2.82. The van der Waals surface area contributed by atoms with E-state index in [4.69, 9.17) is 23.7 Å². The van der Waals surface area contributed by atoms with Crippen molar-refractivity contribution in [3.63, 3.8) is 0 Å². The minimum Gasteiger partial charge on any atom is -0.461 e. The lowest BCUT2D eigenvalue weighted by atomic mass is 9.42. The van der Waals surface area contributed by atoms with Gasteiger partial charge in [0.2, 0.25) is 5.91 Å². The third-order valence-corrected chi connectivity index (χ3v) is 13.7. The van der Waals surface area contributed by atoms with Gasteiger partial charge in [0.25, 0.3) is 0 Å². The molecule has 1 spiro atoms. The molecule has 11 heteroatoms. The van der Waals surface area contributed by atoms with Gasteiger partial charge in [0.1, 0.15) is 11.2 Å². The van der Waals surface area contributed by atoms with E-state index < -0.39 is 40.1 Å². The highest BCUT2D eigenvalue weighted by atomic mass is 16.5. The Bertz CT molecular complexity index is 1410. The average molecular weight is 657 g/mol. The monoisotopic (exact) mass is 656 g/mol. The van der Waals surface area contributed by atoms with Crippen molar-refractivity contribution < 1.29 is 43.5 Å². The van der Waals surface area contributed by atoms with Crippen LogP contribution in [0.5, 0.6) is 0 Å². The molecule has 1 aromatic carbocycles. The Hall–Kier alpha value is -2.12. The van der Waals surface area contributed by atoms with E-state index in [-0.39, 0.29) is 60.4 Å². The van der Waals surface area contributed by atoms with Crippen LogP contribution in [-0.2, 0) is 28.5 Å². The fraction of sp³-hybridized carbons (Fsp3) is 0.778. The van der Waals surface area contributed by atoms with Crippen LogP contribution in [0.4, 0.5) is 5.69 Å². The predicted molar refractivity (Wildman–Crippen MR) is 172 cm³/mol. The van der Waals surface area contributed by atoms with Crippen LogP contribution in [0.3, 0.4) is 0 Å². The number of methoxy groups -OCH3 is 4. The van der Waals surface area contributed by atoms with Crippen molar-refractivity contribution in [1.29, 1.82) is 0 Å². The Morgan fingerprint density at radius 1 is 1.06 bits per heavy atom. The first-order valence-corrected chi connectivity index (χ1v) is 17.3. The number of carbonyl (C=O) groups excluding carboxylic acids is 2. The number of rotatable bonds is 10. The summed E-state index contributed by atoms with van der Waals surface area (Å²) in [6.07, 6.45) is 0.976. The molecule has 260 valence electrons. The van der Waals surface area contributed by atoms with Crippen molar-refractivity contribution in [2.75, 3.05) is 53.5 Å². The molecule has 11 nitrogen and oxygen atoms in total.